The third-order valence-electron chi connectivity index (χ3n) is 13.6. The van der Waals surface area contributed by atoms with Gasteiger partial charge >= 0.3 is 0 Å². The number of para-hydroxylation sites is 3. The summed E-state index contributed by atoms with van der Waals surface area (Å²) in [6.45, 7) is 6.96. The quantitative estimate of drug-likeness (QED) is 0.175. The van der Waals surface area contributed by atoms with Gasteiger partial charge in [0.2, 0.25) is 0 Å². The molecule has 3 heterocycles. The van der Waals surface area contributed by atoms with Gasteiger partial charge in [-0.15, -0.1) is 0 Å². The molecule has 0 saturated heterocycles. The molecule has 0 amide bonds. The first kappa shape index (κ1) is 35.2. The van der Waals surface area contributed by atoms with E-state index in [4.69, 9.17) is 4.42 Å². The van der Waals surface area contributed by atoms with Crippen molar-refractivity contribution in [3.63, 3.8) is 0 Å². The first-order valence-corrected chi connectivity index (χ1v) is 21.8. The van der Waals surface area contributed by atoms with Crippen LogP contribution in [0.2, 0.25) is 0 Å². The maximum absolute atomic E-state index is 6.67. The van der Waals surface area contributed by atoms with Crippen LogP contribution >= 0.6 is 0 Å². The van der Waals surface area contributed by atoms with Crippen molar-refractivity contribution in [2.24, 2.45) is 5.92 Å². The molecule has 0 aliphatic heterocycles. The molecule has 292 valence electrons. The third kappa shape index (κ3) is 5.29. The normalized spacial score (nSPS) is 16.7. The van der Waals surface area contributed by atoms with Crippen molar-refractivity contribution in [3.8, 4) is 5.69 Å². The average molecular weight is 778 g/mol. The average Bonchev–Trinajstić information content (AvgIpc) is 3.95. The van der Waals surface area contributed by atoms with Gasteiger partial charge in [-0.05, 0) is 107 Å². The van der Waals surface area contributed by atoms with Crippen molar-refractivity contribution < 1.29 is 4.42 Å². The minimum atomic E-state index is -0.133. The fourth-order valence-electron chi connectivity index (χ4n) is 10.8. The van der Waals surface area contributed by atoms with E-state index in [1.165, 1.54) is 82.7 Å². The molecule has 0 radical (unpaired) electrons. The molecule has 3 unspecified atom stereocenters. The second-order valence-electron chi connectivity index (χ2n) is 17.3. The zero-order valence-corrected chi connectivity index (χ0v) is 34.4. The molecule has 4 heteroatoms. The number of furan rings is 1. The first-order chi connectivity index (χ1) is 29.5. The number of benzene rings is 7. The van der Waals surface area contributed by atoms with E-state index in [2.05, 4.69) is 193 Å². The lowest BCUT2D eigenvalue weighted by Gasteiger charge is -2.26. The van der Waals surface area contributed by atoms with Crippen LogP contribution in [0.3, 0.4) is 0 Å². The summed E-state index contributed by atoms with van der Waals surface area (Å²) in [5.74, 6) is 0.981. The number of aryl methyl sites for hydroxylation is 1. The Morgan fingerprint density at radius 3 is 2.43 bits per heavy atom. The van der Waals surface area contributed by atoms with E-state index in [1.807, 2.05) is 0 Å². The van der Waals surface area contributed by atoms with Crippen molar-refractivity contribution >= 4 is 83.3 Å². The lowest BCUT2D eigenvalue weighted by atomic mass is 9.87. The number of aromatic nitrogens is 2. The molecule has 3 aromatic heterocycles. The van der Waals surface area contributed by atoms with E-state index >= 15 is 0 Å². The molecule has 0 saturated carbocycles. The Balaban J connectivity index is 1.13. The largest absolute Gasteiger partial charge is 0.456 e. The number of nitrogens with one attached hydrogen (secondary N) is 1. The van der Waals surface area contributed by atoms with E-state index in [0.29, 0.717) is 11.8 Å². The number of allylic oxidation sites excluding steroid dienone is 2. The highest BCUT2D eigenvalue weighted by Gasteiger charge is 2.28. The fourth-order valence-corrected chi connectivity index (χ4v) is 10.8. The first-order valence-electron chi connectivity index (χ1n) is 21.8. The van der Waals surface area contributed by atoms with E-state index in [0.717, 1.165) is 53.3 Å². The summed E-state index contributed by atoms with van der Waals surface area (Å²) in [5.41, 5.74) is 16.1. The molecule has 2 aliphatic rings. The predicted octanol–water partition coefficient (Wildman–Crippen LogP) is 14.9. The van der Waals surface area contributed by atoms with Crippen LogP contribution in [0.15, 0.2) is 150 Å². The van der Waals surface area contributed by atoms with E-state index in [-0.39, 0.29) is 6.17 Å². The second-order valence-corrected chi connectivity index (χ2v) is 17.3. The molecule has 10 aromatic rings. The van der Waals surface area contributed by atoms with Crippen LogP contribution in [-0.4, -0.2) is 9.13 Å². The molecule has 3 atom stereocenters. The Bertz CT molecular complexity index is 3420. The smallest absolute Gasteiger partial charge is 0.138 e. The van der Waals surface area contributed by atoms with Crippen molar-refractivity contribution in [1.82, 2.24) is 9.13 Å². The van der Waals surface area contributed by atoms with Crippen LogP contribution in [0.25, 0.3) is 83.3 Å². The highest BCUT2D eigenvalue weighted by molar-refractivity contribution is 6.21. The van der Waals surface area contributed by atoms with Crippen LogP contribution in [0.5, 0.6) is 0 Å². The maximum atomic E-state index is 6.67. The van der Waals surface area contributed by atoms with Gasteiger partial charge in [0, 0.05) is 50.3 Å². The van der Waals surface area contributed by atoms with Gasteiger partial charge in [0.15, 0.2) is 0 Å². The number of hydrogen-bond acceptors (Lipinski definition) is 2. The van der Waals surface area contributed by atoms with Crippen LogP contribution in [-0.2, 0) is 19.3 Å². The van der Waals surface area contributed by atoms with Crippen LogP contribution in [0.4, 0.5) is 5.69 Å². The van der Waals surface area contributed by atoms with Crippen molar-refractivity contribution in [1.29, 1.82) is 0 Å². The molecular formula is C56H47N3O. The summed E-state index contributed by atoms with van der Waals surface area (Å²) < 4.78 is 11.8. The van der Waals surface area contributed by atoms with Crippen molar-refractivity contribution in [2.75, 3.05) is 5.32 Å². The Labute approximate surface area is 350 Å². The van der Waals surface area contributed by atoms with Crippen LogP contribution < -0.4 is 5.32 Å². The molecule has 7 aromatic carbocycles. The van der Waals surface area contributed by atoms with Gasteiger partial charge in [0.25, 0.3) is 0 Å². The molecular weight excluding hydrogens is 731 g/mol. The van der Waals surface area contributed by atoms with Crippen LogP contribution in [0.1, 0.15) is 72.8 Å². The summed E-state index contributed by atoms with van der Waals surface area (Å²) >= 11 is 0. The molecule has 60 heavy (non-hydrogen) atoms. The molecule has 2 aliphatic carbocycles. The minimum absolute atomic E-state index is 0.133. The summed E-state index contributed by atoms with van der Waals surface area (Å²) in [6.07, 6.45) is 13.2. The van der Waals surface area contributed by atoms with Crippen molar-refractivity contribution in [2.45, 2.75) is 58.5 Å². The highest BCUT2D eigenvalue weighted by atomic mass is 16.3. The molecule has 12 rings (SSSR count). The number of rotatable bonds is 7. The molecule has 0 bridgehead atoms. The Morgan fingerprint density at radius 2 is 1.52 bits per heavy atom. The van der Waals surface area contributed by atoms with Gasteiger partial charge in [-0.2, -0.15) is 0 Å². The Morgan fingerprint density at radius 1 is 0.717 bits per heavy atom. The zero-order chi connectivity index (χ0) is 40.1. The summed E-state index contributed by atoms with van der Waals surface area (Å²) in [4.78, 5) is 0. The monoisotopic (exact) mass is 777 g/mol. The highest BCUT2D eigenvalue weighted by Crippen LogP contribution is 2.45. The minimum Gasteiger partial charge on any atom is -0.456 e. The maximum Gasteiger partial charge on any atom is 0.138 e. The summed E-state index contributed by atoms with van der Waals surface area (Å²) in [7, 11) is 0. The van der Waals surface area contributed by atoms with E-state index in [1.54, 1.807) is 0 Å². The third-order valence-corrected chi connectivity index (χ3v) is 13.6. The summed E-state index contributed by atoms with van der Waals surface area (Å²) in [5, 5.41) is 12.9. The number of hydrogen-bond donors (Lipinski definition) is 1. The Hall–Kier alpha value is -6.78. The van der Waals surface area contributed by atoms with Crippen LogP contribution in [0, 0.1) is 5.92 Å². The van der Waals surface area contributed by atoms with Crippen molar-refractivity contribution in [3.05, 3.63) is 179 Å². The van der Waals surface area contributed by atoms with E-state index in [9.17, 15) is 0 Å². The molecule has 0 spiro atoms. The van der Waals surface area contributed by atoms with E-state index < -0.39 is 0 Å². The Kier molecular flexibility index (Phi) is 8.00. The van der Waals surface area contributed by atoms with Gasteiger partial charge in [0.1, 0.15) is 17.3 Å². The lowest BCUT2D eigenvalue weighted by Crippen LogP contribution is -2.21. The predicted molar refractivity (Wildman–Crippen MR) is 254 cm³/mol. The van der Waals surface area contributed by atoms with Gasteiger partial charge in [-0.1, -0.05) is 136 Å². The number of nitrogens with zero attached hydrogens (tertiary/aromatic N) is 2. The molecule has 1 N–H and O–H groups in total. The topological polar surface area (TPSA) is 35.0 Å². The summed E-state index contributed by atoms with van der Waals surface area (Å²) in [6, 6.07) is 49.4. The van der Waals surface area contributed by atoms with Gasteiger partial charge in [-0.25, -0.2) is 0 Å². The number of anilines is 1. The number of fused-ring (bicyclic) bond motifs is 13. The van der Waals surface area contributed by atoms with Gasteiger partial charge < -0.3 is 18.9 Å². The molecule has 4 nitrogen and oxygen atoms in total. The lowest BCUT2D eigenvalue weighted by molar-refractivity contribution is 0.585. The molecule has 0 fully saturated rings. The fraction of sp³-hybridized carbons (Fsp3) is 0.179. The standard InChI is InChI=1S/C56H47N3O/c1-4-36-14-6-9-20-47(36)57-52(32-39-16-12-19-44-43-18-8-10-22-51(43)60-56(39)44)59-48-30-26-40(33-46(48)54-41-17-7-5-15-37(41)25-29-50(54)59)58-49-21-11-13-35(3)53(49)45-28-24-38-31-34(2)23-27-42(38)55(45)58/h5-12,14-30,33-35,52,57H,4,13,31-32H2,1-3H3. The zero-order valence-electron chi connectivity index (χ0n) is 34.4. The second kappa shape index (κ2) is 13.6. The van der Waals surface area contributed by atoms with Gasteiger partial charge in [-0.3, -0.25) is 0 Å². The SMILES string of the molecule is CCc1ccccc1NC(Cc1cccc2c1oc1ccccc12)n1c2ccc(-n3c4c(c5ccc6c(c53)C=CC(C)C6)C(C)CC=C4)cc2c2c3ccccc3ccc21. The van der Waals surface area contributed by atoms with Gasteiger partial charge in [0.05, 0.1) is 22.2 Å².